The van der Waals surface area contributed by atoms with E-state index < -0.39 is 0 Å². The fraction of sp³-hybridized carbons (Fsp3) is 0.846. The fourth-order valence-electron chi connectivity index (χ4n) is 2.72. The first-order valence-electron chi connectivity index (χ1n) is 6.28. The van der Waals surface area contributed by atoms with Gasteiger partial charge in [-0.3, -0.25) is 0 Å². The molecule has 94 valence electrons. The molecule has 1 aliphatic carbocycles. The van der Waals surface area contributed by atoms with Crippen LogP contribution in [0.25, 0.3) is 0 Å². The van der Waals surface area contributed by atoms with Gasteiger partial charge in [0.05, 0.1) is 12.1 Å². The zero-order chi connectivity index (χ0) is 12.7. The summed E-state index contributed by atoms with van der Waals surface area (Å²) in [5, 5.41) is 0. The summed E-state index contributed by atoms with van der Waals surface area (Å²) in [6.07, 6.45) is 8.27. The molecule has 0 heterocycles. The molecule has 4 nitrogen and oxygen atoms in total. The Kier molecular flexibility index (Phi) is 5.27. The van der Waals surface area contributed by atoms with Crippen LogP contribution in [0.4, 0.5) is 0 Å². The van der Waals surface area contributed by atoms with Crippen molar-refractivity contribution in [3.63, 3.8) is 0 Å². The second-order valence-corrected chi connectivity index (χ2v) is 5.14. The first kappa shape index (κ1) is 13.8. The molecule has 1 aliphatic rings. The third kappa shape index (κ3) is 3.92. The number of hydrogen-bond acceptors (Lipinski definition) is 4. The lowest BCUT2D eigenvalue weighted by atomic mass is 9.72. The number of aliphatic imine (C=N–C) groups is 2. The summed E-state index contributed by atoms with van der Waals surface area (Å²) in [6, 6.07) is 0. The third-order valence-electron chi connectivity index (χ3n) is 4.00. The number of nitrogens with zero attached hydrogens (tertiary/aromatic N) is 2. The summed E-state index contributed by atoms with van der Waals surface area (Å²) >= 11 is 0. The molecular formula is C13H20N2O2. The molecule has 1 fully saturated rings. The van der Waals surface area contributed by atoms with Crippen molar-refractivity contribution in [3.05, 3.63) is 0 Å². The highest BCUT2D eigenvalue weighted by atomic mass is 16.1. The molecule has 0 bridgehead atoms. The van der Waals surface area contributed by atoms with Crippen molar-refractivity contribution >= 4 is 12.2 Å². The van der Waals surface area contributed by atoms with E-state index in [1.54, 1.807) is 12.2 Å². The molecule has 0 amide bonds. The summed E-state index contributed by atoms with van der Waals surface area (Å²) in [7, 11) is 0. The molecule has 0 aromatic heterocycles. The van der Waals surface area contributed by atoms with Gasteiger partial charge in [0.1, 0.15) is 0 Å². The van der Waals surface area contributed by atoms with Gasteiger partial charge in [0.15, 0.2) is 0 Å². The molecule has 17 heavy (non-hydrogen) atoms. The van der Waals surface area contributed by atoms with Crippen molar-refractivity contribution in [1.29, 1.82) is 0 Å². The van der Waals surface area contributed by atoms with E-state index in [2.05, 4.69) is 16.9 Å². The summed E-state index contributed by atoms with van der Waals surface area (Å²) in [4.78, 5) is 28.1. The molecule has 0 aromatic rings. The highest BCUT2D eigenvalue weighted by Crippen LogP contribution is 2.38. The number of hydrogen-bond donors (Lipinski definition) is 0. The van der Waals surface area contributed by atoms with Crippen LogP contribution >= 0.6 is 0 Å². The smallest absolute Gasteiger partial charge is 0.211 e. The molecule has 1 unspecified atom stereocenters. The van der Waals surface area contributed by atoms with Crippen molar-refractivity contribution < 1.29 is 9.59 Å². The maximum atomic E-state index is 10.3. The SMILES string of the molecule is CCC(CN=C=O)C1CCC(C)(N=C=O)CC1. The predicted octanol–water partition coefficient (Wildman–Crippen LogP) is 2.63. The molecule has 1 atom stereocenters. The van der Waals surface area contributed by atoms with E-state index in [4.69, 9.17) is 0 Å². The highest BCUT2D eigenvalue weighted by Gasteiger charge is 2.33. The van der Waals surface area contributed by atoms with Gasteiger partial charge in [-0.05, 0) is 44.4 Å². The molecule has 0 radical (unpaired) electrons. The van der Waals surface area contributed by atoms with Crippen molar-refractivity contribution in [2.75, 3.05) is 6.54 Å². The largest absolute Gasteiger partial charge is 0.235 e. The second kappa shape index (κ2) is 6.48. The van der Waals surface area contributed by atoms with Crippen LogP contribution in [-0.2, 0) is 9.59 Å². The van der Waals surface area contributed by atoms with Gasteiger partial charge in [-0.25, -0.2) is 14.6 Å². The first-order chi connectivity index (χ1) is 8.15. The van der Waals surface area contributed by atoms with Crippen LogP contribution in [0.3, 0.4) is 0 Å². The Labute approximate surface area is 102 Å². The maximum absolute atomic E-state index is 10.3. The minimum absolute atomic E-state index is 0.218. The van der Waals surface area contributed by atoms with Crippen molar-refractivity contribution in [3.8, 4) is 0 Å². The quantitative estimate of drug-likeness (QED) is 0.544. The molecule has 0 saturated heterocycles. The first-order valence-corrected chi connectivity index (χ1v) is 6.28. The van der Waals surface area contributed by atoms with E-state index in [0.29, 0.717) is 18.4 Å². The molecule has 0 aromatic carbocycles. The van der Waals surface area contributed by atoms with Crippen LogP contribution < -0.4 is 0 Å². The Hall–Kier alpha value is -1.24. The van der Waals surface area contributed by atoms with Crippen LogP contribution in [0.5, 0.6) is 0 Å². The van der Waals surface area contributed by atoms with Gasteiger partial charge in [-0.2, -0.15) is 4.99 Å². The van der Waals surface area contributed by atoms with Gasteiger partial charge in [-0.1, -0.05) is 13.3 Å². The number of rotatable bonds is 5. The van der Waals surface area contributed by atoms with Crippen LogP contribution in [0.1, 0.15) is 46.0 Å². The Balaban J connectivity index is 2.55. The van der Waals surface area contributed by atoms with Crippen LogP contribution in [0.15, 0.2) is 9.98 Å². The summed E-state index contributed by atoms with van der Waals surface area (Å²) in [5.41, 5.74) is -0.218. The van der Waals surface area contributed by atoms with E-state index in [9.17, 15) is 9.59 Å². The monoisotopic (exact) mass is 236 g/mol. The standard InChI is InChI=1S/C13H20N2O2/c1-3-11(8-14-9-16)12-4-6-13(2,7-5-12)15-10-17/h11-12H,3-8H2,1-2H3. The molecule has 4 heteroatoms. The molecule has 1 saturated carbocycles. The van der Waals surface area contributed by atoms with Gasteiger partial charge in [0, 0.05) is 0 Å². The van der Waals surface area contributed by atoms with Gasteiger partial charge in [-0.15, -0.1) is 0 Å². The Morgan fingerprint density at radius 3 is 2.41 bits per heavy atom. The van der Waals surface area contributed by atoms with Gasteiger partial charge in [0.2, 0.25) is 12.2 Å². The van der Waals surface area contributed by atoms with Crippen LogP contribution in [-0.4, -0.2) is 24.2 Å². The third-order valence-corrected chi connectivity index (χ3v) is 4.00. The Morgan fingerprint density at radius 1 is 1.29 bits per heavy atom. The zero-order valence-electron chi connectivity index (χ0n) is 10.6. The van der Waals surface area contributed by atoms with E-state index >= 15 is 0 Å². The van der Waals surface area contributed by atoms with E-state index in [1.807, 2.05) is 6.92 Å². The van der Waals surface area contributed by atoms with Crippen LogP contribution in [0.2, 0.25) is 0 Å². The van der Waals surface area contributed by atoms with Crippen LogP contribution in [0, 0.1) is 11.8 Å². The number of isocyanates is 2. The number of carbonyl (C=O) groups excluding carboxylic acids is 2. The van der Waals surface area contributed by atoms with Gasteiger partial charge < -0.3 is 0 Å². The average molecular weight is 236 g/mol. The molecule has 1 rings (SSSR count). The molecular weight excluding hydrogens is 216 g/mol. The summed E-state index contributed by atoms with van der Waals surface area (Å²) in [5.74, 6) is 1.05. The topological polar surface area (TPSA) is 58.9 Å². The lowest BCUT2D eigenvalue weighted by molar-refractivity contribution is 0.191. The molecule has 0 N–H and O–H groups in total. The average Bonchev–Trinajstić information content (AvgIpc) is 2.32. The summed E-state index contributed by atoms with van der Waals surface area (Å²) < 4.78 is 0. The lowest BCUT2D eigenvalue weighted by Crippen LogP contribution is -2.32. The van der Waals surface area contributed by atoms with Crippen molar-refractivity contribution in [1.82, 2.24) is 0 Å². The van der Waals surface area contributed by atoms with Gasteiger partial charge >= 0.3 is 0 Å². The molecule has 0 spiro atoms. The molecule has 0 aliphatic heterocycles. The van der Waals surface area contributed by atoms with Crippen molar-refractivity contribution in [2.45, 2.75) is 51.5 Å². The highest BCUT2D eigenvalue weighted by molar-refractivity contribution is 5.34. The zero-order valence-corrected chi connectivity index (χ0v) is 10.6. The second-order valence-electron chi connectivity index (χ2n) is 5.14. The maximum Gasteiger partial charge on any atom is 0.235 e. The van der Waals surface area contributed by atoms with Crippen molar-refractivity contribution in [2.24, 2.45) is 21.8 Å². The fourth-order valence-corrected chi connectivity index (χ4v) is 2.72. The minimum atomic E-state index is -0.218. The Morgan fingerprint density at radius 2 is 1.94 bits per heavy atom. The predicted molar refractivity (Wildman–Crippen MR) is 65.3 cm³/mol. The van der Waals surface area contributed by atoms with E-state index in [0.717, 1.165) is 32.1 Å². The van der Waals surface area contributed by atoms with E-state index in [1.165, 1.54) is 0 Å². The lowest BCUT2D eigenvalue weighted by Gasteiger charge is -2.36. The van der Waals surface area contributed by atoms with E-state index in [-0.39, 0.29) is 5.54 Å². The Bertz CT molecular complexity index is 333. The minimum Gasteiger partial charge on any atom is -0.211 e. The normalized spacial score (nSPS) is 29.9. The van der Waals surface area contributed by atoms with Gasteiger partial charge in [0.25, 0.3) is 0 Å². The summed E-state index contributed by atoms with van der Waals surface area (Å²) in [6.45, 7) is 4.72.